The van der Waals surface area contributed by atoms with Gasteiger partial charge < -0.3 is 14.7 Å². The van der Waals surface area contributed by atoms with Gasteiger partial charge in [-0.25, -0.2) is 9.18 Å². The normalized spacial score (nSPS) is 19.3. The van der Waals surface area contributed by atoms with Crippen LogP contribution in [-0.4, -0.2) is 34.2 Å². The van der Waals surface area contributed by atoms with Gasteiger partial charge in [-0.05, 0) is 73.2 Å². The van der Waals surface area contributed by atoms with E-state index in [0.717, 1.165) is 27.9 Å². The number of aryl methyl sites for hydroxylation is 1. The van der Waals surface area contributed by atoms with E-state index in [2.05, 4.69) is 17.1 Å². The molecule has 1 saturated heterocycles. The van der Waals surface area contributed by atoms with Crippen LogP contribution in [-0.2, 0) is 10.3 Å². The Balaban J connectivity index is 1.51. The average Bonchev–Trinajstić information content (AvgIpc) is 2.83. The first-order valence-electron chi connectivity index (χ1n) is 11.3. The fraction of sp³-hybridized carbons (Fsp3) is 0.333. The molecule has 2 heterocycles. The number of benzene rings is 2. The number of nitrogens with zero attached hydrogens (tertiary/aromatic N) is 2. The standard InChI is InChI=1S/C27H29FN2O3/c1-19-18-23(12-15-29-19)22-6-4-21(5-7-22)20(2)30-16-14-27(13-3-17-31,33-26(30)32)24-8-10-25(28)11-9-24/h4-12,15,18,20,31H,3,13-14,16-17H2,1-2H3/t20-,27?/m0/s1. The Morgan fingerprint density at radius 2 is 1.85 bits per heavy atom. The van der Waals surface area contributed by atoms with Gasteiger partial charge in [0.1, 0.15) is 11.4 Å². The molecule has 1 fully saturated rings. The summed E-state index contributed by atoms with van der Waals surface area (Å²) in [5, 5.41) is 9.36. The van der Waals surface area contributed by atoms with Gasteiger partial charge in [0.05, 0.1) is 6.04 Å². The lowest BCUT2D eigenvalue weighted by Crippen LogP contribution is -2.48. The molecule has 0 radical (unpaired) electrons. The number of cyclic esters (lactones) is 1. The second-order valence-electron chi connectivity index (χ2n) is 8.62. The molecule has 33 heavy (non-hydrogen) atoms. The zero-order chi connectivity index (χ0) is 23.4. The second kappa shape index (κ2) is 9.71. The van der Waals surface area contributed by atoms with Crippen LogP contribution in [0.25, 0.3) is 11.1 Å². The summed E-state index contributed by atoms with van der Waals surface area (Å²) >= 11 is 0. The van der Waals surface area contributed by atoms with Crippen LogP contribution in [0.3, 0.4) is 0 Å². The van der Waals surface area contributed by atoms with E-state index in [0.29, 0.717) is 25.8 Å². The van der Waals surface area contributed by atoms with E-state index in [1.807, 2.05) is 38.1 Å². The van der Waals surface area contributed by atoms with Gasteiger partial charge in [-0.3, -0.25) is 4.98 Å². The van der Waals surface area contributed by atoms with Crippen molar-refractivity contribution in [2.75, 3.05) is 13.2 Å². The highest BCUT2D eigenvalue weighted by molar-refractivity contribution is 5.70. The van der Waals surface area contributed by atoms with Gasteiger partial charge in [0.25, 0.3) is 0 Å². The molecular weight excluding hydrogens is 419 g/mol. The Labute approximate surface area is 193 Å². The first-order valence-corrected chi connectivity index (χ1v) is 11.3. The van der Waals surface area contributed by atoms with E-state index >= 15 is 0 Å². The van der Waals surface area contributed by atoms with Gasteiger partial charge in [0.15, 0.2) is 0 Å². The summed E-state index contributed by atoms with van der Waals surface area (Å²) in [7, 11) is 0. The number of carbonyl (C=O) groups is 1. The fourth-order valence-corrected chi connectivity index (χ4v) is 4.52. The van der Waals surface area contributed by atoms with Crippen molar-refractivity contribution >= 4 is 6.09 Å². The van der Waals surface area contributed by atoms with E-state index in [9.17, 15) is 14.3 Å². The molecule has 1 aliphatic heterocycles. The predicted octanol–water partition coefficient (Wildman–Crippen LogP) is 5.77. The molecule has 2 aromatic carbocycles. The van der Waals surface area contributed by atoms with Crippen molar-refractivity contribution in [3.8, 4) is 11.1 Å². The van der Waals surface area contributed by atoms with Gasteiger partial charge in [0, 0.05) is 31.5 Å². The van der Waals surface area contributed by atoms with Crippen molar-refractivity contribution in [1.82, 2.24) is 9.88 Å². The van der Waals surface area contributed by atoms with Crippen molar-refractivity contribution in [2.24, 2.45) is 0 Å². The Morgan fingerprint density at radius 1 is 1.12 bits per heavy atom. The number of ether oxygens (including phenoxy) is 1. The minimum Gasteiger partial charge on any atom is -0.438 e. The quantitative estimate of drug-likeness (QED) is 0.499. The molecule has 3 aromatic rings. The molecule has 0 spiro atoms. The monoisotopic (exact) mass is 448 g/mol. The lowest BCUT2D eigenvalue weighted by atomic mass is 9.84. The minimum atomic E-state index is -0.854. The number of amides is 1. The maximum atomic E-state index is 13.5. The smallest absolute Gasteiger partial charge is 0.411 e. The molecule has 1 unspecified atom stereocenters. The summed E-state index contributed by atoms with van der Waals surface area (Å²) in [6, 6.07) is 18.1. The Hall–Kier alpha value is -3.25. The summed E-state index contributed by atoms with van der Waals surface area (Å²) in [4.78, 5) is 19.1. The molecule has 1 aliphatic rings. The van der Waals surface area contributed by atoms with Gasteiger partial charge in [-0.2, -0.15) is 0 Å². The zero-order valence-corrected chi connectivity index (χ0v) is 19.0. The maximum Gasteiger partial charge on any atom is 0.411 e. The van der Waals surface area contributed by atoms with Gasteiger partial charge >= 0.3 is 6.09 Å². The number of carbonyl (C=O) groups excluding carboxylic acids is 1. The summed E-state index contributed by atoms with van der Waals surface area (Å²) in [6.07, 6.45) is 2.96. The zero-order valence-electron chi connectivity index (χ0n) is 19.0. The van der Waals surface area contributed by atoms with Crippen LogP contribution < -0.4 is 0 Å². The van der Waals surface area contributed by atoms with Crippen LogP contribution >= 0.6 is 0 Å². The van der Waals surface area contributed by atoms with Crippen LogP contribution in [0.5, 0.6) is 0 Å². The summed E-state index contributed by atoms with van der Waals surface area (Å²) in [5.41, 5.74) is 4.09. The Bertz CT molecular complexity index is 1100. The van der Waals surface area contributed by atoms with Crippen LogP contribution in [0.15, 0.2) is 66.9 Å². The average molecular weight is 449 g/mol. The lowest BCUT2D eigenvalue weighted by molar-refractivity contribution is -0.0680. The number of aromatic nitrogens is 1. The van der Waals surface area contributed by atoms with Gasteiger partial charge in [-0.1, -0.05) is 36.4 Å². The summed E-state index contributed by atoms with van der Waals surface area (Å²) in [6.45, 7) is 4.47. The van der Waals surface area contributed by atoms with Crippen LogP contribution in [0, 0.1) is 12.7 Å². The van der Waals surface area contributed by atoms with Crippen molar-refractivity contribution in [3.63, 3.8) is 0 Å². The van der Waals surface area contributed by atoms with E-state index in [4.69, 9.17) is 4.74 Å². The topological polar surface area (TPSA) is 62.7 Å². The molecular formula is C27H29FN2O3. The van der Waals surface area contributed by atoms with Crippen LogP contribution in [0.4, 0.5) is 9.18 Å². The lowest BCUT2D eigenvalue weighted by Gasteiger charge is -2.43. The molecule has 0 saturated carbocycles. The minimum absolute atomic E-state index is 0.00393. The van der Waals surface area contributed by atoms with Gasteiger partial charge in [0.2, 0.25) is 0 Å². The summed E-state index contributed by atoms with van der Waals surface area (Å²) < 4.78 is 19.5. The van der Waals surface area contributed by atoms with Crippen LogP contribution in [0.1, 0.15) is 49.0 Å². The maximum absolute atomic E-state index is 13.5. The molecule has 0 aliphatic carbocycles. The molecule has 0 bridgehead atoms. The largest absolute Gasteiger partial charge is 0.438 e. The molecule has 172 valence electrons. The predicted molar refractivity (Wildman–Crippen MR) is 125 cm³/mol. The van der Waals surface area contributed by atoms with E-state index in [-0.39, 0.29) is 18.5 Å². The molecule has 5 nitrogen and oxygen atoms in total. The van der Waals surface area contributed by atoms with Crippen molar-refractivity contribution in [2.45, 2.75) is 44.8 Å². The number of hydrogen-bond donors (Lipinski definition) is 1. The van der Waals surface area contributed by atoms with Crippen LogP contribution in [0.2, 0.25) is 0 Å². The number of aliphatic hydroxyl groups is 1. The number of rotatable bonds is 7. The molecule has 6 heteroatoms. The Morgan fingerprint density at radius 3 is 2.48 bits per heavy atom. The van der Waals surface area contributed by atoms with Gasteiger partial charge in [-0.15, -0.1) is 0 Å². The third kappa shape index (κ3) is 4.91. The van der Waals surface area contributed by atoms with Crippen molar-refractivity contribution < 1.29 is 19.0 Å². The SMILES string of the molecule is Cc1cc(-c2ccc([C@H](C)N3CCC(CCCO)(c4ccc(F)cc4)OC3=O)cc2)ccn1. The first kappa shape index (κ1) is 22.9. The fourth-order valence-electron chi connectivity index (χ4n) is 4.52. The molecule has 1 N–H and O–H groups in total. The first-order chi connectivity index (χ1) is 15.9. The highest BCUT2D eigenvalue weighted by Gasteiger charge is 2.43. The van der Waals surface area contributed by atoms with E-state index in [1.165, 1.54) is 12.1 Å². The molecule has 1 amide bonds. The number of aliphatic hydroxyl groups excluding tert-OH is 1. The van der Waals surface area contributed by atoms with Crippen molar-refractivity contribution in [3.05, 3.63) is 89.5 Å². The second-order valence-corrected chi connectivity index (χ2v) is 8.62. The molecule has 4 rings (SSSR count). The van der Waals surface area contributed by atoms with Crippen molar-refractivity contribution in [1.29, 1.82) is 0 Å². The third-order valence-electron chi connectivity index (χ3n) is 6.47. The summed E-state index contributed by atoms with van der Waals surface area (Å²) in [5.74, 6) is -0.334. The third-order valence-corrected chi connectivity index (χ3v) is 6.47. The number of hydrogen-bond acceptors (Lipinski definition) is 4. The Kier molecular flexibility index (Phi) is 6.75. The molecule has 2 atom stereocenters. The highest BCUT2D eigenvalue weighted by atomic mass is 19.1. The molecule has 1 aromatic heterocycles. The van der Waals surface area contributed by atoms with E-state index in [1.54, 1.807) is 23.2 Å². The van der Waals surface area contributed by atoms with E-state index < -0.39 is 11.7 Å². The highest BCUT2D eigenvalue weighted by Crippen LogP contribution is 2.40. The number of halogens is 1. The number of pyridine rings is 1.